The molecule has 0 radical (unpaired) electrons. The van der Waals surface area contributed by atoms with E-state index in [-0.39, 0.29) is 0 Å². The molecule has 0 saturated carbocycles. The summed E-state index contributed by atoms with van der Waals surface area (Å²) in [6, 6.07) is 4.25. The second-order valence-corrected chi connectivity index (χ2v) is 5.86. The number of phenols is 1. The van der Waals surface area contributed by atoms with Crippen LogP contribution in [0.25, 0.3) is 11.1 Å². The van der Waals surface area contributed by atoms with E-state index in [9.17, 15) is 5.11 Å². The van der Waals surface area contributed by atoms with Crippen LogP contribution in [0.2, 0.25) is 0 Å². The predicted octanol–water partition coefficient (Wildman–Crippen LogP) is 4.92. The summed E-state index contributed by atoms with van der Waals surface area (Å²) in [5.41, 5.74) is 8.95. The minimum absolute atomic E-state index is 0.399. The molecule has 0 fully saturated rings. The first kappa shape index (κ1) is 15.4. The number of benzene rings is 2. The van der Waals surface area contributed by atoms with E-state index >= 15 is 0 Å². The van der Waals surface area contributed by atoms with Crippen LogP contribution in [0.3, 0.4) is 0 Å². The maximum absolute atomic E-state index is 10.1. The van der Waals surface area contributed by atoms with Crippen molar-refractivity contribution in [2.24, 2.45) is 0 Å². The van der Waals surface area contributed by atoms with Crippen molar-refractivity contribution in [1.82, 2.24) is 0 Å². The molecule has 0 aliphatic heterocycles. The SMILES string of the molecule is COc1c(C)cc(-c2cc(C)c(O)c(C)c2C)c(C)c1C. The van der Waals surface area contributed by atoms with Crippen LogP contribution < -0.4 is 4.74 Å². The van der Waals surface area contributed by atoms with Crippen molar-refractivity contribution < 1.29 is 9.84 Å². The average molecular weight is 284 g/mol. The maximum atomic E-state index is 10.1. The van der Waals surface area contributed by atoms with E-state index in [0.29, 0.717) is 5.75 Å². The first-order chi connectivity index (χ1) is 9.79. The van der Waals surface area contributed by atoms with Gasteiger partial charge in [0.25, 0.3) is 0 Å². The van der Waals surface area contributed by atoms with Crippen LogP contribution in [-0.4, -0.2) is 12.2 Å². The molecule has 0 spiro atoms. The average Bonchev–Trinajstić information content (AvgIpc) is 2.45. The minimum atomic E-state index is 0.399. The lowest BCUT2D eigenvalue weighted by atomic mass is 9.88. The Labute approximate surface area is 127 Å². The standard InChI is InChI=1S/C19H24O2/c1-10-8-16(12(3)14(5)18(10)20)17-9-11(2)19(21-7)15(6)13(17)4/h8-9,20H,1-7H3. The molecular formula is C19H24O2. The summed E-state index contributed by atoms with van der Waals surface area (Å²) in [6.45, 7) is 12.3. The number of aryl methyl sites for hydroxylation is 2. The number of aromatic hydroxyl groups is 1. The number of hydrogen-bond donors (Lipinski definition) is 1. The van der Waals surface area contributed by atoms with Crippen molar-refractivity contribution in [2.45, 2.75) is 41.5 Å². The van der Waals surface area contributed by atoms with Crippen molar-refractivity contribution in [1.29, 1.82) is 0 Å². The first-order valence-corrected chi connectivity index (χ1v) is 7.24. The van der Waals surface area contributed by atoms with Crippen LogP contribution in [0.4, 0.5) is 0 Å². The van der Waals surface area contributed by atoms with Gasteiger partial charge in [-0.2, -0.15) is 0 Å². The third-order valence-electron chi connectivity index (χ3n) is 4.58. The topological polar surface area (TPSA) is 29.5 Å². The zero-order valence-corrected chi connectivity index (χ0v) is 14.0. The molecule has 0 bridgehead atoms. The fourth-order valence-electron chi connectivity index (χ4n) is 3.00. The van der Waals surface area contributed by atoms with E-state index < -0.39 is 0 Å². The van der Waals surface area contributed by atoms with E-state index in [0.717, 1.165) is 28.0 Å². The summed E-state index contributed by atoms with van der Waals surface area (Å²) < 4.78 is 5.50. The van der Waals surface area contributed by atoms with E-state index in [4.69, 9.17) is 4.74 Å². The van der Waals surface area contributed by atoms with Gasteiger partial charge in [-0.1, -0.05) is 0 Å². The lowest BCUT2D eigenvalue weighted by Crippen LogP contribution is -1.99. The second kappa shape index (κ2) is 5.44. The Kier molecular flexibility index (Phi) is 3.99. The highest BCUT2D eigenvalue weighted by Crippen LogP contribution is 2.39. The molecule has 0 amide bonds. The van der Waals surface area contributed by atoms with Crippen molar-refractivity contribution in [3.63, 3.8) is 0 Å². The largest absolute Gasteiger partial charge is 0.507 e. The molecule has 0 atom stereocenters. The molecule has 2 aromatic carbocycles. The van der Waals surface area contributed by atoms with Crippen LogP contribution in [0.15, 0.2) is 12.1 Å². The Hall–Kier alpha value is -1.96. The Morgan fingerprint density at radius 3 is 1.71 bits per heavy atom. The summed E-state index contributed by atoms with van der Waals surface area (Å²) in [6.07, 6.45) is 0. The molecule has 0 aliphatic carbocycles. The minimum Gasteiger partial charge on any atom is -0.507 e. The van der Waals surface area contributed by atoms with Gasteiger partial charge in [-0.15, -0.1) is 0 Å². The van der Waals surface area contributed by atoms with Gasteiger partial charge in [0.2, 0.25) is 0 Å². The van der Waals surface area contributed by atoms with Gasteiger partial charge < -0.3 is 9.84 Å². The summed E-state index contributed by atoms with van der Waals surface area (Å²) in [4.78, 5) is 0. The van der Waals surface area contributed by atoms with Gasteiger partial charge in [0.15, 0.2) is 0 Å². The Morgan fingerprint density at radius 2 is 1.19 bits per heavy atom. The zero-order valence-electron chi connectivity index (χ0n) is 14.0. The van der Waals surface area contributed by atoms with Gasteiger partial charge in [-0.3, -0.25) is 0 Å². The molecule has 0 aliphatic rings. The van der Waals surface area contributed by atoms with Crippen LogP contribution >= 0.6 is 0 Å². The number of phenolic OH excluding ortho intramolecular Hbond substituents is 1. The van der Waals surface area contributed by atoms with Crippen molar-refractivity contribution >= 4 is 0 Å². The lowest BCUT2D eigenvalue weighted by Gasteiger charge is -2.19. The molecular weight excluding hydrogens is 260 g/mol. The Balaban J connectivity index is 2.80. The highest BCUT2D eigenvalue weighted by Gasteiger charge is 2.16. The summed E-state index contributed by atoms with van der Waals surface area (Å²) in [7, 11) is 1.72. The Bertz CT molecular complexity index is 712. The monoisotopic (exact) mass is 284 g/mol. The molecule has 0 aromatic heterocycles. The van der Waals surface area contributed by atoms with Crippen LogP contribution in [0.5, 0.6) is 11.5 Å². The Morgan fingerprint density at radius 1 is 0.714 bits per heavy atom. The molecule has 2 nitrogen and oxygen atoms in total. The summed E-state index contributed by atoms with van der Waals surface area (Å²) >= 11 is 0. The molecule has 21 heavy (non-hydrogen) atoms. The van der Waals surface area contributed by atoms with Gasteiger partial charge in [0, 0.05) is 0 Å². The zero-order chi connectivity index (χ0) is 15.9. The molecule has 0 saturated heterocycles. The molecule has 1 N–H and O–H groups in total. The molecule has 0 unspecified atom stereocenters. The molecule has 0 heterocycles. The van der Waals surface area contributed by atoms with Crippen molar-refractivity contribution in [3.05, 3.63) is 45.5 Å². The van der Waals surface area contributed by atoms with Crippen LogP contribution in [0, 0.1) is 41.5 Å². The van der Waals surface area contributed by atoms with Crippen molar-refractivity contribution in [2.75, 3.05) is 7.11 Å². The summed E-state index contributed by atoms with van der Waals surface area (Å²) in [5.74, 6) is 1.36. The van der Waals surface area contributed by atoms with E-state index in [1.807, 2.05) is 13.8 Å². The highest BCUT2D eigenvalue weighted by atomic mass is 16.5. The van der Waals surface area contributed by atoms with E-state index in [1.165, 1.54) is 22.3 Å². The number of ether oxygens (including phenoxy) is 1. The third kappa shape index (κ3) is 2.39. The second-order valence-electron chi connectivity index (χ2n) is 5.86. The fraction of sp³-hybridized carbons (Fsp3) is 0.368. The molecule has 2 aromatic rings. The van der Waals surface area contributed by atoms with Crippen LogP contribution in [-0.2, 0) is 0 Å². The normalized spacial score (nSPS) is 10.8. The van der Waals surface area contributed by atoms with E-state index in [2.05, 4.69) is 39.8 Å². The van der Waals surface area contributed by atoms with Gasteiger partial charge in [-0.25, -0.2) is 0 Å². The number of hydrogen-bond acceptors (Lipinski definition) is 2. The quantitative estimate of drug-likeness (QED) is 0.848. The fourth-order valence-corrected chi connectivity index (χ4v) is 3.00. The van der Waals surface area contributed by atoms with Gasteiger partial charge >= 0.3 is 0 Å². The smallest absolute Gasteiger partial charge is 0.124 e. The van der Waals surface area contributed by atoms with Gasteiger partial charge in [0.1, 0.15) is 11.5 Å². The van der Waals surface area contributed by atoms with Crippen molar-refractivity contribution in [3.8, 4) is 22.6 Å². The van der Waals surface area contributed by atoms with Crippen LogP contribution in [0.1, 0.15) is 33.4 Å². The van der Waals surface area contributed by atoms with E-state index in [1.54, 1.807) is 7.11 Å². The lowest BCUT2D eigenvalue weighted by molar-refractivity contribution is 0.408. The summed E-state index contributed by atoms with van der Waals surface area (Å²) in [5, 5.41) is 10.1. The number of methoxy groups -OCH3 is 1. The van der Waals surface area contributed by atoms with Gasteiger partial charge in [-0.05, 0) is 98.2 Å². The predicted molar refractivity (Wildman–Crippen MR) is 88.5 cm³/mol. The molecule has 2 rings (SSSR count). The first-order valence-electron chi connectivity index (χ1n) is 7.24. The molecule has 112 valence electrons. The van der Waals surface area contributed by atoms with Gasteiger partial charge in [0.05, 0.1) is 7.11 Å². The maximum Gasteiger partial charge on any atom is 0.124 e. The third-order valence-corrected chi connectivity index (χ3v) is 4.58. The number of rotatable bonds is 2. The molecule has 2 heteroatoms. The highest BCUT2D eigenvalue weighted by molar-refractivity contribution is 5.77.